The average Bonchev–Trinajstić information content (AvgIpc) is 3.01. The second-order valence-electron chi connectivity index (χ2n) is 6.89. The third-order valence-electron chi connectivity index (χ3n) is 4.56. The summed E-state index contributed by atoms with van der Waals surface area (Å²) in [6.45, 7) is 2.07. The number of hydrogen-bond acceptors (Lipinski definition) is 5. The van der Waals surface area contributed by atoms with Crippen molar-refractivity contribution >= 4 is 5.78 Å². The molecule has 0 aromatic heterocycles. The predicted molar refractivity (Wildman–Crippen MR) is 105 cm³/mol. The molecule has 4 atom stereocenters. The monoisotopic (exact) mass is 374 g/mol. The summed E-state index contributed by atoms with van der Waals surface area (Å²) in [6.07, 6.45) is 9.06. The maximum atomic E-state index is 10.9. The lowest BCUT2D eigenvalue weighted by Gasteiger charge is -2.17. The predicted octanol–water partition coefficient (Wildman–Crippen LogP) is 3.06. The zero-order valence-corrected chi connectivity index (χ0v) is 15.9. The molecule has 0 amide bonds. The fraction of sp³-hybridized carbons (Fsp3) is 0.500. The molecule has 2 N–H and O–H groups in total. The zero-order chi connectivity index (χ0) is 19.5. The molecule has 0 saturated carbocycles. The molecule has 148 valence electrons. The van der Waals surface area contributed by atoms with E-state index in [1.807, 2.05) is 42.5 Å². The van der Waals surface area contributed by atoms with E-state index in [0.717, 1.165) is 19.3 Å². The number of rotatable bonds is 11. The van der Waals surface area contributed by atoms with Gasteiger partial charge >= 0.3 is 0 Å². The first kappa shape index (κ1) is 21.4. The molecule has 1 heterocycles. The van der Waals surface area contributed by atoms with Crippen molar-refractivity contribution < 1.29 is 24.5 Å². The van der Waals surface area contributed by atoms with E-state index in [-0.39, 0.29) is 24.4 Å². The molecule has 0 aliphatic carbocycles. The van der Waals surface area contributed by atoms with Crippen molar-refractivity contribution in [1.29, 1.82) is 0 Å². The number of ketones is 1. The van der Waals surface area contributed by atoms with Crippen LogP contribution in [0.25, 0.3) is 0 Å². The van der Waals surface area contributed by atoms with Gasteiger partial charge in [-0.15, -0.1) is 0 Å². The van der Waals surface area contributed by atoms with Crippen LogP contribution in [0.1, 0.15) is 32.6 Å². The first-order chi connectivity index (χ1) is 13.1. The maximum Gasteiger partial charge on any atom is 0.130 e. The third kappa shape index (κ3) is 8.08. The summed E-state index contributed by atoms with van der Waals surface area (Å²) >= 11 is 0. The molecule has 1 aliphatic heterocycles. The Morgan fingerprint density at radius 1 is 1.30 bits per heavy atom. The quantitative estimate of drug-likeness (QED) is 0.582. The van der Waals surface area contributed by atoms with E-state index in [1.165, 1.54) is 0 Å². The average molecular weight is 374 g/mol. The Hall–Kier alpha value is -1.95. The second kappa shape index (κ2) is 11.7. The number of benzene rings is 1. The number of aliphatic hydroxyl groups excluding tert-OH is 2. The molecule has 27 heavy (non-hydrogen) atoms. The molecule has 1 saturated heterocycles. The highest BCUT2D eigenvalue weighted by Crippen LogP contribution is 2.27. The van der Waals surface area contributed by atoms with Gasteiger partial charge in [-0.3, -0.25) is 0 Å². The minimum absolute atomic E-state index is 0.000879. The summed E-state index contributed by atoms with van der Waals surface area (Å²) in [5.41, 5.74) is 0. The van der Waals surface area contributed by atoms with Gasteiger partial charge in [0.05, 0.1) is 18.8 Å². The van der Waals surface area contributed by atoms with Crippen LogP contribution in [0.3, 0.4) is 0 Å². The van der Waals surface area contributed by atoms with Gasteiger partial charge in [0.2, 0.25) is 0 Å². The van der Waals surface area contributed by atoms with E-state index in [4.69, 9.17) is 9.47 Å². The van der Waals surface area contributed by atoms with E-state index in [2.05, 4.69) is 6.08 Å². The Labute approximate surface area is 161 Å². The Bertz CT molecular complexity index is 610. The van der Waals surface area contributed by atoms with Crippen molar-refractivity contribution in [3.05, 3.63) is 54.6 Å². The maximum absolute atomic E-state index is 10.9. The van der Waals surface area contributed by atoms with Crippen molar-refractivity contribution in [2.45, 2.75) is 50.9 Å². The molecule has 0 spiro atoms. The van der Waals surface area contributed by atoms with Crippen LogP contribution in [0.5, 0.6) is 5.75 Å². The standard InChI is InChI=1S/C22H30O5/c1-17(23)9-5-2-3-8-12-20-21(25)16-27-22(20)14-13-18(24)15-26-19-10-6-4-7-11-19/h2-4,6-7,10-11,13-14,18,20-22,24-25H,5,8-9,12,15-16H2,1H3/b3-2-,14-13+/t18-,20+,21+,22-/m1/s1. The van der Waals surface area contributed by atoms with Gasteiger partial charge < -0.3 is 24.5 Å². The number of ether oxygens (including phenoxy) is 2. The van der Waals surface area contributed by atoms with Crippen LogP contribution in [0, 0.1) is 5.92 Å². The zero-order valence-electron chi connectivity index (χ0n) is 15.9. The SMILES string of the molecule is CC(=O)CC/C=C\CC[C@H]1[C@@H](O)CO[C@@H]1/C=C/[C@@H](O)COc1ccccc1. The van der Waals surface area contributed by atoms with Crippen LogP contribution in [-0.2, 0) is 9.53 Å². The highest BCUT2D eigenvalue weighted by atomic mass is 16.5. The van der Waals surface area contributed by atoms with Crippen molar-refractivity contribution in [1.82, 2.24) is 0 Å². The van der Waals surface area contributed by atoms with Crippen molar-refractivity contribution in [3.63, 3.8) is 0 Å². The van der Waals surface area contributed by atoms with E-state index in [1.54, 1.807) is 13.0 Å². The van der Waals surface area contributed by atoms with Crippen LogP contribution < -0.4 is 4.74 Å². The van der Waals surface area contributed by atoms with Crippen molar-refractivity contribution in [2.24, 2.45) is 5.92 Å². The van der Waals surface area contributed by atoms with Crippen LogP contribution in [-0.4, -0.2) is 47.5 Å². The number of hydrogen-bond donors (Lipinski definition) is 2. The summed E-state index contributed by atoms with van der Waals surface area (Å²) in [5.74, 6) is 0.909. The molecular weight excluding hydrogens is 344 g/mol. The van der Waals surface area contributed by atoms with Gasteiger partial charge in [-0.25, -0.2) is 0 Å². The molecule has 5 nitrogen and oxygen atoms in total. The molecule has 0 radical (unpaired) electrons. The highest BCUT2D eigenvalue weighted by molar-refractivity contribution is 5.75. The summed E-state index contributed by atoms with van der Waals surface area (Å²) in [6, 6.07) is 9.35. The Kier molecular flexibility index (Phi) is 9.25. The molecule has 5 heteroatoms. The van der Waals surface area contributed by atoms with Crippen LogP contribution in [0.2, 0.25) is 0 Å². The third-order valence-corrected chi connectivity index (χ3v) is 4.56. The molecule has 0 unspecified atom stereocenters. The number of para-hydroxylation sites is 1. The topological polar surface area (TPSA) is 76.0 Å². The fourth-order valence-corrected chi connectivity index (χ4v) is 3.03. The lowest BCUT2D eigenvalue weighted by atomic mass is 9.93. The smallest absolute Gasteiger partial charge is 0.130 e. The number of carbonyl (C=O) groups is 1. The number of allylic oxidation sites excluding steroid dienone is 2. The Balaban J connectivity index is 1.74. The van der Waals surface area contributed by atoms with Gasteiger partial charge in [-0.2, -0.15) is 0 Å². The largest absolute Gasteiger partial charge is 0.491 e. The van der Waals surface area contributed by atoms with Crippen LogP contribution in [0.4, 0.5) is 0 Å². The second-order valence-corrected chi connectivity index (χ2v) is 6.89. The lowest BCUT2D eigenvalue weighted by molar-refractivity contribution is -0.116. The molecule has 1 aromatic rings. The van der Waals surface area contributed by atoms with Gasteiger partial charge in [-0.05, 0) is 38.3 Å². The first-order valence-corrected chi connectivity index (χ1v) is 9.54. The highest BCUT2D eigenvalue weighted by Gasteiger charge is 2.33. The van der Waals surface area contributed by atoms with Gasteiger partial charge in [-0.1, -0.05) is 42.5 Å². The van der Waals surface area contributed by atoms with Crippen LogP contribution in [0.15, 0.2) is 54.6 Å². The van der Waals surface area contributed by atoms with E-state index < -0.39 is 12.2 Å². The van der Waals surface area contributed by atoms with Crippen LogP contribution >= 0.6 is 0 Å². The van der Waals surface area contributed by atoms with Gasteiger partial charge in [0, 0.05) is 12.3 Å². The fourth-order valence-electron chi connectivity index (χ4n) is 3.03. The Morgan fingerprint density at radius 2 is 2.04 bits per heavy atom. The minimum Gasteiger partial charge on any atom is -0.491 e. The molecule has 0 bridgehead atoms. The van der Waals surface area contributed by atoms with Crippen molar-refractivity contribution in [2.75, 3.05) is 13.2 Å². The van der Waals surface area contributed by atoms with E-state index in [0.29, 0.717) is 18.8 Å². The van der Waals surface area contributed by atoms with Gasteiger partial charge in [0.25, 0.3) is 0 Å². The lowest BCUT2D eigenvalue weighted by Crippen LogP contribution is -2.23. The molecule has 2 rings (SSSR count). The van der Waals surface area contributed by atoms with E-state index >= 15 is 0 Å². The number of Topliss-reactive ketones (excluding diaryl/α,β-unsaturated/α-hetero) is 1. The summed E-state index contributed by atoms with van der Waals surface area (Å²) in [7, 11) is 0. The number of aliphatic hydroxyl groups is 2. The minimum atomic E-state index is -0.737. The molecule has 1 fully saturated rings. The van der Waals surface area contributed by atoms with Gasteiger partial charge in [0.15, 0.2) is 0 Å². The molecular formula is C22H30O5. The van der Waals surface area contributed by atoms with E-state index in [9.17, 15) is 15.0 Å². The Morgan fingerprint density at radius 3 is 2.78 bits per heavy atom. The first-order valence-electron chi connectivity index (χ1n) is 9.54. The molecule has 1 aliphatic rings. The summed E-state index contributed by atoms with van der Waals surface area (Å²) < 4.78 is 11.2. The molecule has 1 aromatic carbocycles. The number of carbonyl (C=O) groups excluding carboxylic acids is 1. The summed E-state index contributed by atoms with van der Waals surface area (Å²) in [4.78, 5) is 10.9. The summed E-state index contributed by atoms with van der Waals surface area (Å²) in [5, 5.41) is 20.2. The van der Waals surface area contributed by atoms with Crippen molar-refractivity contribution in [3.8, 4) is 5.75 Å². The normalized spacial score (nSPS) is 23.9. The van der Waals surface area contributed by atoms with Gasteiger partial charge in [0.1, 0.15) is 24.2 Å².